The van der Waals surface area contributed by atoms with E-state index in [0.717, 1.165) is 10.8 Å². The summed E-state index contributed by atoms with van der Waals surface area (Å²) in [5, 5.41) is 10.1. The minimum Gasteiger partial charge on any atom is -0.403 e. The third kappa shape index (κ3) is 0.790. The van der Waals surface area contributed by atoms with E-state index in [1.807, 2.05) is 11.4 Å². The first-order valence-corrected chi connectivity index (χ1v) is 4.57. The highest BCUT2D eigenvalue weighted by Gasteiger charge is 2.08. The van der Waals surface area contributed by atoms with E-state index < -0.39 is 0 Å². The van der Waals surface area contributed by atoms with Gasteiger partial charge in [-0.15, -0.1) is 11.3 Å². The zero-order valence-electron chi connectivity index (χ0n) is 6.40. The number of aromatic amines is 1. The fraction of sp³-hybridized carbons (Fsp3) is 0. The van der Waals surface area contributed by atoms with Crippen molar-refractivity contribution in [2.75, 3.05) is 0 Å². The molecule has 0 fully saturated rings. The molecule has 3 aromatic heterocycles. The number of nitrogens with zero attached hydrogens (tertiary/aromatic N) is 1. The number of thiophene rings is 1. The molecule has 4 nitrogen and oxygen atoms in total. The molecule has 64 valence electrons. The van der Waals surface area contributed by atoms with Crippen molar-refractivity contribution < 1.29 is 4.42 Å². The van der Waals surface area contributed by atoms with Gasteiger partial charge < -0.3 is 4.42 Å². The van der Waals surface area contributed by atoms with Crippen LogP contribution in [0.4, 0.5) is 0 Å². The molecule has 3 aromatic rings. The third-order valence-electron chi connectivity index (χ3n) is 1.94. The maximum atomic E-state index is 11.3. The Kier molecular flexibility index (Phi) is 1.16. The Bertz CT molecular complexity index is 634. The van der Waals surface area contributed by atoms with E-state index in [-0.39, 0.29) is 5.63 Å². The van der Waals surface area contributed by atoms with Crippen molar-refractivity contribution in [3.63, 3.8) is 0 Å². The molecule has 5 heteroatoms. The summed E-state index contributed by atoms with van der Waals surface area (Å²) < 4.78 is 5.66. The zero-order chi connectivity index (χ0) is 8.84. The largest absolute Gasteiger partial charge is 0.403 e. The maximum absolute atomic E-state index is 11.3. The van der Waals surface area contributed by atoms with Crippen LogP contribution in [0.3, 0.4) is 0 Å². The van der Waals surface area contributed by atoms with Gasteiger partial charge in [0, 0.05) is 5.39 Å². The van der Waals surface area contributed by atoms with Crippen LogP contribution < -0.4 is 5.63 Å². The van der Waals surface area contributed by atoms with Crippen LogP contribution in [-0.2, 0) is 0 Å². The minimum absolute atomic E-state index is 0.304. The van der Waals surface area contributed by atoms with Crippen molar-refractivity contribution in [3.05, 3.63) is 28.1 Å². The molecule has 3 rings (SSSR count). The van der Waals surface area contributed by atoms with Gasteiger partial charge in [0.15, 0.2) is 0 Å². The molecule has 0 amide bonds. The summed E-state index contributed by atoms with van der Waals surface area (Å²) >= 11 is 1.38. The quantitative estimate of drug-likeness (QED) is 0.590. The molecular weight excluding hydrogens is 188 g/mol. The van der Waals surface area contributed by atoms with Gasteiger partial charge >= 0.3 is 5.63 Å². The molecule has 0 unspecified atom stereocenters. The Balaban J connectivity index is 2.79. The second-order valence-electron chi connectivity index (χ2n) is 2.67. The second kappa shape index (κ2) is 2.20. The van der Waals surface area contributed by atoms with Gasteiger partial charge in [0.25, 0.3) is 0 Å². The van der Waals surface area contributed by atoms with Crippen molar-refractivity contribution in [3.8, 4) is 0 Å². The highest BCUT2D eigenvalue weighted by atomic mass is 32.1. The van der Waals surface area contributed by atoms with Gasteiger partial charge in [0.2, 0.25) is 5.71 Å². The van der Waals surface area contributed by atoms with Gasteiger partial charge in [-0.2, -0.15) is 5.10 Å². The molecule has 0 saturated heterocycles. The average molecular weight is 192 g/mol. The first-order valence-electron chi connectivity index (χ1n) is 3.69. The first kappa shape index (κ1) is 6.85. The molecule has 0 aliphatic rings. The molecular formula is C8H4N2O2S. The van der Waals surface area contributed by atoms with Crippen LogP contribution in [-0.4, -0.2) is 10.2 Å². The van der Waals surface area contributed by atoms with Crippen LogP contribution in [0, 0.1) is 0 Å². The molecule has 13 heavy (non-hydrogen) atoms. The lowest BCUT2D eigenvalue weighted by Crippen LogP contribution is -1.95. The molecule has 0 aliphatic carbocycles. The lowest BCUT2D eigenvalue weighted by Gasteiger charge is -1.88. The number of hydrogen-bond donors (Lipinski definition) is 1. The van der Waals surface area contributed by atoms with E-state index in [1.54, 1.807) is 6.20 Å². The summed E-state index contributed by atoms with van der Waals surface area (Å²) in [6.45, 7) is 0. The van der Waals surface area contributed by atoms with E-state index >= 15 is 0 Å². The summed E-state index contributed by atoms with van der Waals surface area (Å²) in [6, 6.07) is 1.90. The Morgan fingerprint density at radius 3 is 3.31 bits per heavy atom. The zero-order valence-corrected chi connectivity index (χ0v) is 7.22. The monoisotopic (exact) mass is 192 g/mol. The molecule has 0 bridgehead atoms. The molecule has 0 atom stereocenters. The van der Waals surface area contributed by atoms with Crippen molar-refractivity contribution in [2.24, 2.45) is 0 Å². The Hall–Kier alpha value is -1.62. The van der Waals surface area contributed by atoms with Gasteiger partial charge in [0.1, 0.15) is 4.70 Å². The van der Waals surface area contributed by atoms with Crippen LogP contribution in [0.5, 0.6) is 0 Å². The van der Waals surface area contributed by atoms with E-state index in [9.17, 15) is 4.79 Å². The summed E-state index contributed by atoms with van der Waals surface area (Å²) in [7, 11) is 0. The third-order valence-corrected chi connectivity index (χ3v) is 2.83. The topological polar surface area (TPSA) is 58.9 Å². The van der Waals surface area contributed by atoms with Crippen LogP contribution in [0.1, 0.15) is 0 Å². The SMILES string of the molecule is O=c1oc2[nH]ncc2c2ccsc12. The molecule has 0 aromatic carbocycles. The number of nitrogens with one attached hydrogen (secondary N) is 1. The molecule has 3 heterocycles. The summed E-state index contributed by atoms with van der Waals surface area (Å²) in [5.41, 5.74) is 0.137. The predicted octanol–water partition coefficient (Wildman–Crippen LogP) is 1.73. The fourth-order valence-electron chi connectivity index (χ4n) is 1.36. The molecule has 1 N–H and O–H groups in total. The fourth-order valence-corrected chi connectivity index (χ4v) is 2.15. The van der Waals surface area contributed by atoms with Crippen molar-refractivity contribution in [1.29, 1.82) is 0 Å². The van der Waals surface area contributed by atoms with E-state index in [4.69, 9.17) is 4.42 Å². The molecule has 0 aliphatic heterocycles. The van der Waals surface area contributed by atoms with Gasteiger partial charge in [-0.3, -0.25) is 0 Å². The predicted molar refractivity (Wildman–Crippen MR) is 50.0 cm³/mol. The summed E-state index contributed by atoms with van der Waals surface area (Å²) in [6.07, 6.45) is 1.66. The lowest BCUT2D eigenvalue weighted by atomic mass is 10.2. The highest BCUT2D eigenvalue weighted by molar-refractivity contribution is 7.17. The molecule has 0 radical (unpaired) electrons. The number of hydrogen-bond acceptors (Lipinski definition) is 4. The van der Waals surface area contributed by atoms with E-state index in [2.05, 4.69) is 10.2 Å². The minimum atomic E-state index is -0.304. The summed E-state index contributed by atoms with van der Waals surface area (Å²) in [4.78, 5) is 11.3. The van der Waals surface area contributed by atoms with Gasteiger partial charge in [0.05, 0.1) is 11.6 Å². The standard InChI is InChI=1S/C8H4N2O2S/c11-8-6-4(1-2-13-6)5-3-9-10-7(5)12-8/h1-3H,(H,9,10). The van der Waals surface area contributed by atoms with Gasteiger partial charge in [-0.25, -0.2) is 9.89 Å². The maximum Gasteiger partial charge on any atom is 0.355 e. The van der Waals surface area contributed by atoms with E-state index in [1.165, 1.54) is 11.3 Å². The molecule has 0 spiro atoms. The first-order chi connectivity index (χ1) is 6.36. The average Bonchev–Trinajstić information content (AvgIpc) is 2.66. The van der Waals surface area contributed by atoms with Crippen LogP contribution >= 0.6 is 11.3 Å². The van der Waals surface area contributed by atoms with Gasteiger partial charge in [-0.1, -0.05) is 0 Å². The normalized spacial score (nSPS) is 11.4. The number of rotatable bonds is 0. The second-order valence-corrected chi connectivity index (χ2v) is 3.58. The van der Waals surface area contributed by atoms with Crippen LogP contribution in [0.25, 0.3) is 21.2 Å². The number of H-pyrrole nitrogens is 1. The number of aromatic nitrogens is 2. The van der Waals surface area contributed by atoms with Crippen molar-refractivity contribution in [1.82, 2.24) is 10.2 Å². The van der Waals surface area contributed by atoms with Crippen molar-refractivity contribution in [2.45, 2.75) is 0 Å². The summed E-state index contributed by atoms with van der Waals surface area (Å²) in [5.74, 6) is 0. The van der Waals surface area contributed by atoms with Crippen LogP contribution in [0.2, 0.25) is 0 Å². The lowest BCUT2D eigenvalue weighted by molar-refractivity contribution is 0.557. The number of fused-ring (bicyclic) bond motifs is 3. The highest BCUT2D eigenvalue weighted by Crippen LogP contribution is 2.24. The Morgan fingerprint density at radius 1 is 1.46 bits per heavy atom. The smallest absolute Gasteiger partial charge is 0.355 e. The van der Waals surface area contributed by atoms with E-state index in [0.29, 0.717) is 10.4 Å². The van der Waals surface area contributed by atoms with Crippen LogP contribution in [0.15, 0.2) is 26.9 Å². The van der Waals surface area contributed by atoms with Gasteiger partial charge in [-0.05, 0) is 11.4 Å². The van der Waals surface area contributed by atoms with Crippen molar-refractivity contribution >= 4 is 32.5 Å². The molecule has 0 saturated carbocycles. The Morgan fingerprint density at radius 2 is 2.38 bits per heavy atom. The Labute approximate surface area is 75.8 Å².